The molecule has 0 bridgehead atoms. The van der Waals surface area contributed by atoms with Gasteiger partial charge in [0.25, 0.3) is 0 Å². The number of carbonyl (C=O) groups is 2. The first-order chi connectivity index (χ1) is 10.1. The Bertz CT molecular complexity index is 656. The zero-order valence-electron chi connectivity index (χ0n) is 11.5. The lowest BCUT2D eigenvalue weighted by Gasteiger charge is -2.09. The lowest BCUT2D eigenvalue weighted by Crippen LogP contribution is -2.28. The van der Waals surface area contributed by atoms with Gasteiger partial charge in [-0.3, -0.25) is 4.98 Å². The van der Waals surface area contributed by atoms with Crippen molar-refractivity contribution in [2.45, 2.75) is 13.5 Å². The summed E-state index contributed by atoms with van der Waals surface area (Å²) in [6.45, 7) is 2.00. The van der Waals surface area contributed by atoms with Gasteiger partial charge in [-0.05, 0) is 36.8 Å². The van der Waals surface area contributed by atoms with Crippen LogP contribution in [0.1, 0.15) is 21.6 Å². The number of benzene rings is 1. The van der Waals surface area contributed by atoms with Gasteiger partial charge in [-0.1, -0.05) is 12.1 Å². The number of carboxylic acids is 1. The van der Waals surface area contributed by atoms with E-state index in [0.29, 0.717) is 17.8 Å². The molecule has 0 radical (unpaired) electrons. The molecule has 0 spiro atoms. The number of carboxylic acid groups (broad SMARTS) is 1. The molecule has 21 heavy (non-hydrogen) atoms. The summed E-state index contributed by atoms with van der Waals surface area (Å²) in [6, 6.07) is 9.75. The molecule has 6 nitrogen and oxygen atoms in total. The number of urea groups is 1. The van der Waals surface area contributed by atoms with Gasteiger partial charge < -0.3 is 15.7 Å². The number of nitrogens with one attached hydrogen (secondary N) is 2. The monoisotopic (exact) mass is 285 g/mol. The summed E-state index contributed by atoms with van der Waals surface area (Å²) in [7, 11) is 0. The summed E-state index contributed by atoms with van der Waals surface area (Å²) in [5, 5.41) is 14.3. The molecule has 1 aromatic heterocycles. The number of hydrogen-bond acceptors (Lipinski definition) is 3. The Morgan fingerprint density at radius 1 is 1.24 bits per heavy atom. The van der Waals surface area contributed by atoms with E-state index in [1.807, 2.05) is 6.07 Å². The minimum atomic E-state index is -1.02. The average molecular weight is 285 g/mol. The van der Waals surface area contributed by atoms with E-state index in [0.717, 1.165) is 5.69 Å². The van der Waals surface area contributed by atoms with E-state index in [2.05, 4.69) is 15.6 Å². The number of amides is 2. The molecule has 1 aromatic carbocycles. The molecule has 2 amide bonds. The van der Waals surface area contributed by atoms with Gasteiger partial charge in [0, 0.05) is 11.9 Å². The van der Waals surface area contributed by atoms with E-state index >= 15 is 0 Å². The van der Waals surface area contributed by atoms with Crippen molar-refractivity contribution in [1.29, 1.82) is 0 Å². The first-order valence-corrected chi connectivity index (χ1v) is 6.35. The fraction of sp³-hybridized carbons (Fsp3) is 0.133. The maximum absolute atomic E-state index is 11.8. The van der Waals surface area contributed by atoms with Gasteiger partial charge in [-0.25, -0.2) is 9.59 Å². The summed E-state index contributed by atoms with van der Waals surface area (Å²) in [5.41, 5.74) is 1.97. The van der Waals surface area contributed by atoms with Crippen LogP contribution in [-0.4, -0.2) is 22.1 Å². The van der Waals surface area contributed by atoms with Crippen LogP contribution < -0.4 is 10.6 Å². The fourth-order valence-corrected chi connectivity index (χ4v) is 1.78. The second-order valence-electron chi connectivity index (χ2n) is 4.46. The zero-order chi connectivity index (χ0) is 15.2. The number of hydrogen-bond donors (Lipinski definition) is 3. The number of pyridine rings is 1. The van der Waals surface area contributed by atoms with E-state index in [-0.39, 0.29) is 5.56 Å². The second-order valence-corrected chi connectivity index (χ2v) is 4.46. The van der Waals surface area contributed by atoms with Crippen molar-refractivity contribution < 1.29 is 14.7 Å². The van der Waals surface area contributed by atoms with Gasteiger partial charge in [0.05, 0.1) is 17.8 Å². The molecule has 0 fully saturated rings. The van der Waals surface area contributed by atoms with Gasteiger partial charge in [-0.2, -0.15) is 0 Å². The third-order valence-corrected chi connectivity index (χ3v) is 2.88. The Morgan fingerprint density at radius 2 is 2.05 bits per heavy atom. The summed E-state index contributed by atoms with van der Waals surface area (Å²) >= 11 is 0. The molecule has 0 aliphatic rings. The van der Waals surface area contributed by atoms with Crippen LogP contribution in [0.25, 0.3) is 0 Å². The summed E-state index contributed by atoms with van der Waals surface area (Å²) in [4.78, 5) is 26.9. The molecule has 2 aromatic rings. The highest BCUT2D eigenvalue weighted by Crippen LogP contribution is 2.15. The highest BCUT2D eigenvalue weighted by Gasteiger charge is 2.09. The quantitative estimate of drug-likeness (QED) is 0.804. The highest BCUT2D eigenvalue weighted by atomic mass is 16.4. The Balaban J connectivity index is 1.97. The van der Waals surface area contributed by atoms with Crippen molar-refractivity contribution in [2.75, 3.05) is 5.32 Å². The van der Waals surface area contributed by atoms with E-state index in [4.69, 9.17) is 5.11 Å². The van der Waals surface area contributed by atoms with Crippen LogP contribution in [0.2, 0.25) is 0 Å². The van der Waals surface area contributed by atoms with E-state index in [9.17, 15) is 9.59 Å². The molecule has 1 heterocycles. The summed E-state index contributed by atoms with van der Waals surface area (Å²) < 4.78 is 0. The zero-order valence-corrected chi connectivity index (χ0v) is 11.5. The van der Waals surface area contributed by atoms with Crippen LogP contribution in [0.5, 0.6) is 0 Å². The number of aromatic carboxylic acids is 1. The Labute approximate surface area is 121 Å². The number of nitrogens with zero attached hydrogens (tertiary/aromatic N) is 1. The van der Waals surface area contributed by atoms with Crippen LogP contribution >= 0.6 is 0 Å². The lowest BCUT2D eigenvalue weighted by atomic mass is 10.1. The van der Waals surface area contributed by atoms with Crippen LogP contribution in [0, 0.1) is 6.92 Å². The number of aromatic nitrogens is 1. The van der Waals surface area contributed by atoms with Crippen LogP contribution in [0.4, 0.5) is 10.5 Å². The number of rotatable bonds is 4. The maximum Gasteiger partial charge on any atom is 0.336 e. The van der Waals surface area contributed by atoms with E-state index in [1.165, 1.54) is 6.07 Å². The highest BCUT2D eigenvalue weighted by molar-refractivity contribution is 5.94. The summed E-state index contributed by atoms with van der Waals surface area (Å²) in [6.07, 6.45) is 1.65. The molecule has 0 aliphatic heterocycles. The van der Waals surface area contributed by atoms with E-state index in [1.54, 1.807) is 37.4 Å². The molecule has 108 valence electrons. The Morgan fingerprint density at radius 3 is 2.71 bits per heavy atom. The van der Waals surface area contributed by atoms with Crippen molar-refractivity contribution in [2.24, 2.45) is 0 Å². The van der Waals surface area contributed by atoms with Crippen LogP contribution in [0.3, 0.4) is 0 Å². The molecular weight excluding hydrogens is 270 g/mol. The standard InChI is InChI=1S/C15H15N3O3/c1-10-5-6-11(8-13(10)14(19)20)18-15(21)17-9-12-4-2-3-7-16-12/h2-8H,9H2,1H3,(H,19,20)(H2,17,18,21). The molecule has 0 unspecified atom stereocenters. The normalized spacial score (nSPS) is 9.95. The molecule has 0 aliphatic carbocycles. The molecule has 0 atom stereocenters. The largest absolute Gasteiger partial charge is 0.478 e. The number of aryl methyl sites for hydroxylation is 1. The SMILES string of the molecule is Cc1ccc(NC(=O)NCc2ccccn2)cc1C(=O)O. The van der Waals surface area contributed by atoms with Gasteiger partial charge in [0.2, 0.25) is 0 Å². The first kappa shape index (κ1) is 14.5. The lowest BCUT2D eigenvalue weighted by molar-refractivity contribution is 0.0696. The van der Waals surface area contributed by atoms with Crippen molar-refractivity contribution in [1.82, 2.24) is 10.3 Å². The van der Waals surface area contributed by atoms with Gasteiger partial charge >= 0.3 is 12.0 Å². The number of anilines is 1. The molecule has 6 heteroatoms. The van der Waals surface area contributed by atoms with Gasteiger partial charge in [0.1, 0.15) is 0 Å². The third-order valence-electron chi connectivity index (χ3n) is 2.88. The van der Waals surface area contributed by atoms with Gasteiger partial charge in [-0.15, -0.1) is 0 Å². The average Bonchev–Trinajstić information content (AvgIpc) is 2.48. The fourth-order valence-electron chi connectivity index (χ4n) is 1.78. The molecule has 0 saturated carbocycles. The summed E-state index contributed by atoms with van der Waals surface area (Å²) in [5.74, 6) is -1.02. The minimum Gasteiger partial charge on any atom is -0.478 e. The molecule has 2 rings (SSSR count). The van der Waals surface area contributed by atoms with Crippen LogP contribution in [-0.2, 0) is 6.54 Å². The topological polar surface area (TPSA) is 91.3 Å². The Kier molecular flexibility index (Phi) is 4.50. The molecule has 0 saturated heterocycles. The molecular formula is C15H15N3O3. The van der Waals surface area contributed by atoms with E-state index < -0.39 is 12.0 Å². The molecule has 3 N–H and O–H groups in total. The van der Waals surface area contributed by atoms with Crippen LogP contribution in [0.15, 0.2) is 42.6 Å². The maximum atomic E-state index is 11.8. The minimum absolute atomic E-state index is 0.164. The smallest absolute Gasteiger partial charge is 0.336 e. The number of carbonyl (C=O) groups excluding carboxylic acids is 1. The second kappa shape index (κ2) is 6.51. The Hall–Kier alpha value is -2.89. The van der Waals surface area contributed by atoms with Crippen molar-refractivity contribution >= 4 is 17.7 Å². The van der Waals surface area contributed by atoms with Crippen molar-refractivity contribution in [3.8, 4) is 0 Å². The predicted octanol–water partition coefficient (Wildman–Crippen LogP) is 2.41. The van der Waals surface area contributed by atoms with Gasteiger partial charge in [0.15, 0.2) is 0 Å². The third kappa shape index (κ3) is 4.04. The first-order valence-electron chi connectivity index (χ1n) is 6.35. The predicted molar refractivity (Wildman–Crippen MR) is 78.2 cm³/mol. The van der Waals surface area contributed by atoms with Crippen molar-refractivity contribution in [3.63, 3.8) is 0 Å². The van der Waals surface area contributed by atoms with Crippen molar-refractivity contribution in [3.05, 3.63) is 59.4 Å².